The Hall–Kier alpha value is -3.51. The zero-order valence-corrected chi connectivity index (χ0v) is 19.4. The quantitative estimate of drug-likeness (QED) is 0.168. The molecule has 1 rings (SSSR count). The molecule has 5 atom stereocenters. The van der Waals surface area contributed by atoms with E-state index in [0.29, 0.717) is 0 Å². The Morgan fingerprint density at radius 3 is 1.91 bits per heavy atom. The second-order valence-corrected chi connectivity index (χ2v) is 8.32. The van der Waals surface area contributed by atoms with Crippen LogP contribution >= 0.6 is 0 Å². The number of carbonyl (C=O) groups excluding carboxylic acids is 4. The number of hydrogen-bond acceptors (Lipinski definition) is 7. The van der Waals surface area contributed by atoms with E-state index < -0.39 is 72.2 Å². The zero-order chi connectivity index (χ0) is 26.0. The second-order valence-electron chi connectivity index (χ2n) is 8.32. The van der Waals surface area contributed by atoms with Crippen LogP contribution in [0.1, 0.15) is 32.8 Å². The van der Waals surface area contributed by atoms with Crippen LogP contribution < -0.4 is 27.4 Å². The van der Waals surface area contributed by atoms with Crippen molar-refractivity contribution in [2.75, 3.05) is 0 Å². The summed E-state index contributed by atoms with van der Waals surface area (Å²) in [5, 5.41) is 25.7. The fourth-order valence-corrected chi connectivity index (χ4v) is 3.07. The van der Waals surface area contributed by atoms with Crippen LogP contribution in [0.2, 0.25) is 0 Å². The van der Waals surface area contributed by atoms with Crippen molar-refractivity contribution in [2.45, 2.75) is 63.9 Å². The lowest BCUT2D eigenvalue weighted by Gasteiger charge is -2.27. The van der Waals surface area contributed by atoms with Crippen molar-refractivity contribution >= 4 is 29.6 Å². The monoisotopic (exact) mass is 479 g/mol. The first-order chi connectivity index (χ1) is 15.8. The van der Waals surface area contributed by atoms with Crippen LogP contribution in [-0.2, 0) is 30.4 Å². The van der Waals surface area contributed by atoms with Gasteiger partial charge in [-0.2, -0.15) is 0 Å². The van der Waals surface area contributed by atoms with E-state index in [4.69, 9.17) is 16.6 Å². The van der Waals surface area contributed by atoms with Gasteiger partial charge in [-0.1, -0.05) is 44.2 Å². The third-order valence-electron chi connectivity index (χ3n) is 4.97. The molecule has 12 heteroatoms. The van der Waals surface area contributed by atoms with Gasteiger partial charge in [0.2, 0.25) is 23.6 Å². The van der Waals surface area contributed by atoms with Crippen molar-refractivity contribution < 1.29 is 34.2 Å². The molecule has 9 N–H and O–H groups in total. The van der Waals surface area contributed by atoms with Crippen LogP contribution in [0, 0.1) is 5.92 Å². The summed E-state index contributed by atoms with van der Waals surface area (Å²) < 4.78 is 0. The summed E-state index contributed by atoms with van der Waals surface area (Å²) >= 11 is 0. The smallest absolute Gasteiger partial charge is 0.328 e. The van der Waals surface area contributed by atoms with E-state index >= 15 is 0 Å². The summed E-state index contributed by atoms with van der Waals surface area (Å²) in [5.41, 5.74) is 11.9. The number of carboxylic acid groups (broad SMARTS) is 1. The number of primary amides is 1. The molecule has 4 amide bonds. The number of carbonyl (C=O) groups is 5. The van der Waals surface area contributed by atoms with Crippen molar-refractivity contribution in [3.05, 3.63) is 35.9 Å². The third kappa shape index (κ3) is 9.16. The van der Waals surface area contributed by atoms with Gasteiger partial charge in [0, 0.05) is 0 Å². The molecule has 0 aliphatic heterocycles. The van der Waals surface area contributed by atoms with Gasteiger partial charge in [-0.25, -0.2) is 4.79 Å². The summed E-state index contributed by atoms with van der Waals surface area (Å²) in [6.45, 7) is 4.39. The largest absolute Gasteiger partial charge is 0.480 e. The maximum atomic E-state index is 12.8. The lowest BCUT2D eigenvalue weighted by Crippen LogP contribution is -2.60. The number of aliphatic hydroxyl groups excluding tert-OH is 1. The Kier molecular flexibility index (Phi) is 11.1. The topological polar surface area (TPSA) is 214 Å². The highest BCUT2D eigenvalue weighted by atomic mass is 16.4. The van der Waals surface area contributed by atoms with E-state index in [1.54, 1.807) is 38.1 Å². The van der Waals surface area contributed by atoms with Gasteiger partial charge < -0.3 is 37.6 Å². The minimum Gasteiger partial charge on any atom is -0.480 e. The molecular weight excluding hydrogens is 446 g/mol. The molecule has 0 aliphatic carbocycles. The van der Waals surface area contributed by atoms with E-state index in [2.05, 4.69) is 16.0 Å². The molecule has 0 aliphatic rings. The molecule has 0 radical (unpaired) electrons. The molecule has 0 bridgehead atoms. The summed E-state index contributed by atoms with van der Waals surface area (Å²) in [7, 11) is 0. The molecule has 1 aromatic rings. The molecular formula is C22H33N5O7. The Balaban J connectivity index is 2.93. The van der Waals surface area contributed by atoms with E-state index in [-0.39, 0.29) is 6.42 Å². The molecule has 0 spiro atoms. The van der Waals surface area contributed by atoms with Crippen LogP contribution in [0.3, 0.4) is 0 Å². The Morgan fingerprint density at radius 1 is 0.882 bits per heavy atom. The van der Waals surface area contributed by atoms with Gasteiger partial charge in [-0.15, -0.1) is 0 Å². The molecule has 0 saturated carbocycles. The number of hydrogen-bond donors (Lipinski definition) is 7. The van der Waals surface area contributed by atoms with Gasteiger partial charge in [-0.3, -0.25) is 19.2 Å². The van der Waals surface area contributed by atoms with Crippen molar-refractivity contribution in [3.8, 4) is 0 Å². The van der Waals surface area contributed by atoms with Crippen LogP contribution in [-0.4, -0.2) is 70.1 Å². The molecule has 5 unspecified atom stereocenters. The van der Waals surface area contributed by atoms with E-state index in [1.807, 2.05) is 6.07 Å². The standard InChI is InChI=1S/C22H33N5O7/c1-11(2)17(21(32)27-18(12(3)28)22(33)34)26-20(31)15(10-16(24)29)25-19(30)14(23)9-13-7-5-4-6-8-13/h4-8,11-12,14-15,17-18,28H,9-10,23H2,1-3H3,(H2,24,29)(H,25,30)(H,26,31)(H,27,32)(H,33,34). The Bertz CT molecular complexity index is 876. The number of aliphatic hydroxyl groups is 1. The maximum Gasteiger partial charge on any atom is 0.328 e. The Labute approximate surface area is 197 Å². The van der Waals surface area contributed by atoms with Crippen LogP contribution in [0.4, 0.5) is 0 Å². The highest BCUT2D eigenvalue weighted by Gasteiger charge is 2.33. The van der Waals surface area contributed by atoms with Gasteiger partial charge in [0.15, 0.2) is 6.04 Å². The molecule has 0 fully saturated rings. The van der Waals surface area contributed by atoms with Crippen molar-refractivity contribution in [3.63, 3.8) is 0 Å². The number of benzene rings is 1. The Morgan fingerprint density at radius 2 is 1.44 bits per heavy atom. The van der Waals surface area contributed by atoms with E-state index in [9.17, 15) is 29.1 Å². The van der Waals surface area contributed by atoms with Crippen LogP contribution in [0.15, 0.2) is 30.3 Å². The summed E-state index contributed by atoms with van der Waals surface area (Å²) in [6.07, 6.45) is -1.75. The number of rotatable bonds is 13. The maximum absolute atomic E-state index is 12.8. The normalized spacial score (nSPS) is 15.4. The molecule has 188 valence electrons. The van der Waals surface area contributed by atoms with Crippen LogP contribution in [0.25, 0.3) is 0 Å². The van der Waals surface area contributed by atoms with E-state index in [0.717, 1.165) is 5.56 Å². The summed E-state index contributed by atoms with van der Waals surface area (Å²) in [5.74, 6) is -5.27. The first-order valence-electron chi connectivity index (χ1n) is 10.7. The number of carboxylic acids is 1. The first kappa shape index (κ1) is 28.5. The first-order valence-corrected chi connectivity index (χ1v) is 10.7. The lowest BCUT2D eigenvalue weighted by atomic mass is 10.0. The SMILES string of the molecule is CC(C)C(NC(=O)C(CC(N)=O)NC(=O)C(N)Cc1ccccc1)C(=O)NC(C(=O)O)C(C)O. The average molecular weight is 480 g/mol. The van der Waals surface area contributed by atoms with Gasteiger partial charge >= 0.3 is 5.97 Å². The molecule has 34 heavy (non-hydrogen) atoms. The van der Waals surface area contributed by atoms with Crippen LogP contribution in [0.5, 0.6) is 0 Å². The minimum atomic E-state index is -1.59. The van der Waals surface area contributed by atoms with Gasteiger partial charge in [-0.05, 0) is 24.8 Å². The van der Waals surface area contributed by atoms with Crippen molar-refractivity contribution in [1.29, 1.82) is 0 Å². The number of aliphatic carboxylic acids is 1. The molecule has 12 nitrogen and oxygen atoms in total. The summed E-state index contributed by atoms with van der Waals surface area (Å²) in [4.78, 5) is 60.8. The van der Waals surface area contributed by atoms with Crippen molar-refractivity contribution in [2.24, 2.45) is 17.4 Å². The highest BCUT2D eigenvalue weighted by Crippen LogP contribution is 2.07. The predicted octanol–water partition coefficient (Wildman–Crippen LogP) is -1.99. The summed E-state index contributed by atoms with van der Waals surface area (Å²) in [6, 6.07) is 3.70. The lowest BCUT2D eigenvalue weighted by molar-refractivity contribution is -0.145. The molecule has 1 aromatic carbocycles. The molecule has 0 saturated heterocycles. The van der Waals surface area contributed by atoms with Gasteiger partial charge in [0.1, 0.15) is 12.1 Å². The molecule has 0 heterocycles. The molecule has 0 aromatic heterocycles. The number of nitrogens with one attached hydrogen (secondary N) is 3. The number of nitrogens with two attached hydrogens (primary N) is 2. The van der Waals surface area contributed by atoms with E-state index in [1.165, 1.54) is 6.92 Å². The fourth-order valence-electron chi connectivity index (χ4n) is 3.07. The fraction of sp³-hybridized carbons (Fsp3) is 0.500. The third-order valence-corrected chi connectivity index (χ3v) is 4.97. The predicted molar refractivity (Wildman–Crippen MR) is 122 cm³/mol. The average Bonchev–Trinajstić information content (AvgIpc) is 2.74. The minimum absolute atomic E-state index is 0.185. The zero-order valence-electron chi connectivity index (χ0n) is 19.4. The highest BCUT2D eigenvalue weighted by molar-refractivity contribution is 5.96. The van der Waals surface area contributed by atoms with Crippen molar-refractivity contribution in [1.82, 2.24) is 16.0 Å². The van der Waals surface area contributed by atoms with Gasteiger partial charge in [0.05, 0.1) is 18.6 Å². The number of amides is 4. The van der Waals surface area contributed by atoms with Gasteiger partial charge in [0.25, 0.3) is 0 Å². The second kappa shape index (κ2) is 13.3.